The maximum Gasteiger partial charge on any atom is 0.217 e. The smallest absolute Gasteiger partial charge is 0.217 e. The van der Waals surface area contributed by atoms with Crippen molar-refractivity contribution in [3.63, 3.8) is 0 Å². The number of rotatable bonds is 4. The molecule has 0 atom stereocenters. The fourth-order valence-electron chi connectivity index (χ4n) is 0.507. The molecule has 0 aliphatic rings. The monoisotopic (exact) mass is 151 g/mol. The van der Waals surface area contributed by atoms with Gasteiger partial charge in [-0.15, -0.1) is 0 Å². The number of nitrogens with zero attached hydrogens (tertiary/aromatic N) is 1. The molecule has 2 nitrogen and oxygen atoms in total. The zero-order chi connectivity index (χ0) is 8.53. The van der Waals surface area contributed by atoms with E-state index in [2.05, 4.69) is 18.2 Å². The lowest BCUT2D eigenvalue weighted by molar-refractivity contribution is 0.478. The molecule has 0 aromatic carbocycles. The molecule has 0 fully saturated rings. The first-order valence-electron chi connectivity index (χ1n) is 3.48. The molecule has 0 saturated carbocycles. The Morgan fingerprint density at radius 3 is 2.73 bits per heavy atom. The Morgan fingerprint density at radius 2 is 2.27 bits per heavy atom. The topological polar surface area (TPSA) is 21.6 Å². The van der Waals surface area contributed by atoms with Crippen LogP contribution in [0, 0.1) is 0 Å². The first-order chi connectivity index (χ1) is 5.35. The molecule has 0 radical (unpaired) electrons. The van der Waals surface area contributed by atoms with Gasteiger partial charge >= 0.3 is 0 Å². The van der Waals surface area contributed by atoms with Crippen molar-refractivity contribution in [2.24, 2.45) is 4.99 Å². The average molecular weight is 151 g/mol. The van der Waals surface area contributed by atoms with E-state index >= 15 is 0 Å². The van der Waals surface area contributed by atoms with Crippen LogP contribution >= 0.6 is 0 Å². The second-order valence-electron chi connectivity index (χ2n) is 1.75. The van der Waals surface area contributed by atoms with Crippen LogP contribution in [0.25, 0.3) is 0 Å². The van der Waals surface area contributed by atoms with Crippen LogP contribution in [0.15, 0.2) is 42.8 Å². The van der Waals surface area contributed by atoms with E-state index in [1.165, 1.54) is 12.5 Å². The van der Waals surface area contributed by atoms with Crippen LogP contribution in [0.5, 0.6) is 0 Å². The molecule has 0 amide bonds. The highest BCUT2D eigenvalue weighted by Gasteiger charge is 1.86. The van der Waals surface area contributed by atoms with Gasteiger partial charge in [-0.25, -0.2) is 4.99 Å². The van der Waals surface area contributed by atoms with Crippen molar-refractivity contribution >= 4 is 5.90 Å². The van der Waals surface area contributed by atoms with Gasteiger partial charge < -0.3 is 4.74 Å². The molecule has 0 bridgehead atoms. The molecule has 0 heterocycles. The van der Waals surface area contributed by atoms with Gasteiger partial charge in [-0.2, -0.15) is 0 Å². The fourth-order valence-corrected chi connectivity index (χ4v) is 0.507. The van der Waals surface area contributed by atoms with Gasteiger partial charge in [0.25, 0.3) is 0 Å². The van der Waals surface area contributed by atoms with E-state index in [0.717, 1.165) is 6.42 Å². The Labute approximate surface area is 67.6 Å². The minimum absolute atomic E-state index is 0.511. The second-order valence-corrected chi connectivity index (χ2v) is 1.75. The van der Waals surface area contributed by atoms with Gasteiger partial charge in [0.05, 0.1) is 6.26 Å². The third kappa shape index (κ3) is 5.15. The minimum atomic E-state index is 0.511. The van der Waals surface area contributed by atoms with Crippen LogP contribution in [0.1, 0.15) is 13.3 Å². The summed E-state index contributed by atoms with van der Waals surface area (Å²) in [5.41, 5.74) is 0. The Kier molecular flexibility index (Phi) is 5.99. The molecule has 0 spiro atoms. The lowest BCUT2D eigenvalue weighted by Crippen LogP contribution is -1.93. The number of ether oxygens (including phenoxy) is 1. The van der Waals surface area contributed by atoms with Gasteiger partial charge in [0, 0.05) is 6.20 Å². The summed E-state index contributed by atoms with van der Waals surface area (Å²) in [6.45, 7) is 8.91. The maximum absolute atomic E-state index is 4.94. The first-order valence-corrected chi connectivity index (χ1v) is 3.48. The fraction of sp³-hybridized carbons (Fsp3) is 0.222. The average Bonchev–Trinajstić information content (AvgIpc) is 2.01. The molecular formula is C9H13NO. The highest BCUT2D eigenvalue weighted by atomic mass is 16.5. The van der Waals surface area contributed by atoms with Crippen molar-refractivity contribution in [3.05, 3.63) is 37.8 Å². The van der Waals surface area contributed by atoms with Crippen molar-refractivity contribution in [2.45, 2.75) is 13.3 Å². The summed E-state index contributed by atoms with van der Waals surface area (Å²) in [7, 11) is 0. The third-order valence-corrected chi connectivity index (χ3v) is 0.919. The standard InChI is InChI=1S/C9H13NO/c1-4-7-8-9(10-5-2)11-6-3/h5-8H,2-4H2,1H3/b8-7-,10-9?. The highest BCUT2D eigenvalue weighted by Crippen LogP contribution is 1.89. The molecule has 0 aliphatic heterocycles. The van der Waals surface area contributed by atoms with Crippen LogP contribution in [0.4, 0.5) is 0 Å². The summed E-state index contributed by atoms with van der Waals surface area (Å²) < 4.78 is 4.94. The molecule has 0 aromatic rings. The Bertz CT molecular complexity index is 180. The summed E-state index contributed by atoms with van der Waals surface area (Å²) in [6.07, 6.45) is 7.45. The van der Waals surface area contributed by atoms with E-state index in [0.29, 0.717) is 5.90 Å². The number of hydrogen-bond acceptors (Lipinski definition) is 2. The van der Waals surface area contributed by atoms with Gasteiger partial charge in [0.1, 0.15) is 0 Å². The molecule has 0 saturated heterocycles. The SMILES string of the molecule is C=CN=C(/C=C\CC)OC=C. The van der Waals surface area contributed by atoms with Gasteiger partial charge in [0.2, 0.25) is 5.90 Å². The van der Waals surface area contributed by atoms with Crippen molar-refractivity contribution in [2.75, 3.05) is 0 Å². The molecule has 0 unspecified atom stereocenters. The van der Waals surface area contributed by atoms with E-state index in [9.17, 15) is 0 Å². The normalized spacial score (nSPS) is 11.5. The van der Waals surface area contributed by atoms with Crippen LogP contribution < -0.4 is 0 Å². The van der Waals surface area contributed by atoms with Gasteiger partial charge in [-0.05, 0) is 12.5 Å². The lowest BCUT2D eigenvalue weighted by atomic mass is 10.4. The third-order valence-electron chi connectivity index (χ3n) is 0.919. The summed E-state index contributed by atoms with van der Waals surface area (Å²) in [4.78, 5) is 3.85. The van der Waals surface area contributed by atoms with Crippen molar-refractivity contribution in [3.8, 4) is 0 Å². The molecule has 0 N–H and O–H groups in total. The van der Waals surface area contributed by atoms with Crippen LogP contribution in [0.2, 0.25) is 0 Å². The number of allylic oxidation sites excluding steroid dienone is 1. The molecule has 0 aromatic heterocycles. The van der Waals surface area contributed by atoms with Gasteiger partial charge in [0.15, 0.2) is 0 Å². The molecule has 11 heavy (non-hydrogen) atoms. The van der Waals surface area contributed by atoms with Gasteiger partial charge in [-0.1, -0.05) is 26.2 Å². The Balaban J connectivity index is 4.09. The molecule has 0 aliphatic carbocycles. The maximum atomic E-state index is 4.94. The van der Waals surface area contributed by atoms with Crippen molar-refractivity contribution in [1.29, 1.82) is 0 Å². The predicted molar refractivity (Wildman–Crippen MR) is 48.3 cm³/mol. The predicted octanol–water partition coefficient (Wildman–Crippen LogP) is 2.65. The summed E-state index contributed by atoms with van der Waals surface area (Å²) >= 11 is 0. The largest absolute Gasteiger partial charge is 0.447 e. The molecule has 2 heteroatoms. The lowest BCUT2D eigenvalue weighted by Gasteiger charge is -1.95. The molecular weight excluding hydrogens is 138 g/mol. The molecule has 0 rings (SSSR count). The second kappa shape index (κ2) is 6.81. The summed E-state index contributed by atoms with van der Waals surface area (Å²) in [5.74, 6) is 0.511. The van der Waals surface area contributed by atoms with E-state index < -0.39 is 0 Å². The Morgan fingerprint density at radius 1 is 1.55 bits per heavy atom. The zero-order valence-electron chi connectivity index (χ0n) is 6.79. The van der Waals surface area contributed by atoms with E-state index in [1.807, 2.05) is 13.0 Å². The summed E-state index contributed by atoms with van der Waals surface area (Å²) in [5, 5.41) is 0. The quantitative estimate of drug-likeness (QED) is 0.344. The van der Waals surface area contributed by atoms with Gasteiger partial charge in [-0.3, -0.25) is 0 Å². The van der Waals surface area contributed by atoms with Crippen LogP contribution in [0.3, 0.4) is 0 Å². The van der Waals surface area contributed by atoms with E-state index in [1.54, 1.807) is 6.08 Å². The number of aliphatic imine (C=N–C) groups is 1. The number of hydrogen-bond donors (Lipinski definition) is 0. The first kappa shape index (κ1) is 9.69. The van der Waals surface area contributed by atoms with Crippen molar-refractivity contribution in [1.82, 2.24) is 0 Å². The zero-order valence-corrected chi connectivity index (χ0v) is 6.79. The van der Waals surface area contributed by atoms with Crippen LogP contribution in [-0.2, 0) is 4.74 Å². The van der Waals surface area contributed by atoms with Crippen molar-refractivity contribution < 1.29 is 4.74 Å². The molecule has 60 valence electrons. The summed E-state index contributed by atoms with van der Waals surface area (Å²) in [6, 6.07) is 0. The van der Waals surface area contributed by atoms with E-state index in [-0.39, 0.29) is 0 Å². The van der Waals surface area contributed by atoms with E-state index in [4.69, 9.17) is 4.74 Å². The van der Waals surface area contributed by atoms with Crippen LogP contribution in [-0.4, -0.2) is 5.90 Å². The highest BCUT2D eigenvalue weighted by molar-refractivity contribution is 5.88. The Hall–Kier alpha value is -1.31. The minimum Gasteiger partial charge on any atom is -0.447 e.